The van der Waals surface area contributed by atoms with E-state index in [-0.39, 0.29) is 0 Å². The SMILES string of the molecule is CCc1nc(-c2cccc(OC)n2)nc(NN)c1C. The molecule has 0 radical (unpaired) electrons. The fourth-order valence-electron chi connectivity index (χ4n) is 1.82. The number of nitrogens with zero attached hydrogens (tertiary/aromatic N) is 3. The monoisotopic (exact) mass is 259 g/mol. The quantitative estimate of drug-likeness (QED) is 0.642. The Kier molecular flexibility index (Phi) is 3.91. The van der Waals surface area contributed by atoms with Crippen LogP contribution < -0.4 is 16.0 Å². The van der Waals surface area contributed by atoms with E-state index >= 15 is 0 Å². The summed E-state index contributed by atoms with van der Waals surface area (Å²) in [6.45, 7) is 3.98. The van der Waals surface area contributed by atoms with Crippen molar-refractivity contribution in [3.8, 4) is 17.4 Å². The molecule has 100 valence electrons. The molecule has 0 amide bonds. The van der Waals surface area contributed by atoms with Crippen LogP contribution in [0.4, 0.5) is 5.82 Å². The molecule has 3 N–H and O–H groups in total. The Balaban J connectivity index is 2.55. The van der Waals surface area contributed by atoms with Crippen molar-refractivity contribution in [3.63, 3.8) is 0 Å². The smallest absolute Gasteiger partial charge is 0.213 e. The van der Waals surface area contributed by atoms with Crippen LogP contribution in [-0.4, -0.2) is 22.1 Å². The number of hydrogen-bond donors (Lipinski definition) is 2. The molecule has 19 heavy (non-hydrogen) atoms. The predicted octanol–water partition coefficient (Wildman–Crippen LogP) is 1.70. The maximum Gasteiger partial charge on any atom is 0.213 e. The van der Waals surface area contributed by atoms with Crippen molar-refractivity contribution in [1.29, 1.82) is 0 Å². The van der Waals surface area contributed by atoms with E-state index in [2.05, 4.69) is 20.4 Å². The standard InChI is InChI=1S/C13H17N5O/c1-4-9-8(2)12(18-14)17-13(16-9)10-6-5-7-11(15-10)19-3/h5-7H,4,14H2,1-3H3,(H,16,17,18). The van der Waals surface area contributed by atoms with Crippen LogP contribution in [0.25, 0.3) is 11.5 Å². The second kappa shape index (κ2) is 5.62. The minimum Gasteiger partial charge on any atom is -0.481 e. The largest absolute Gasteiger partial charge is 0.481 e. The van der Waals surface area contributed by atoms with Gasteiger partial charge in [0.1, 0.15) is 11.5 Å². The molecule has 6 nitrogen and oxygen atoms in total. The molecular weight excluding hydrogens is 242 g/mol. The number of aryl methyl sites for hydroxylation is 1. The fraction of sp³-hybridized carbons (Fsp3) is 0.308. The van der Waals surface area contributed by atoms with E-state index in [4.69, 9.17) is 10.6 Å². The lowest BCUT2D eigenvalue weighted by Gasteiger charge is -2.10. The number of rotatable bonds is 4. The zero-order chi connectivity index (χ0) is 13.8. The number of aromatic nitrogens is 3. The number of nitrogens with two attached hydrogens (primary N) is 1. The van der Waals surface area contributed by atoms with Gasteiger partial charge in [0.15, 0.2) is 5.82 Å². The maximum absolute atomic E-state index is 5.49. The first-order chi connectivity index (χ1) is 9.19. The molecule has 0 saturated carbocycles. The zero-order valence-corrected chi connectivity index (χ0v) is 11.3. The molecule has 0 bridgehead atoms. The molecule has 0 aliphatic rings. The van der Waals surface area contributed by atoms with Gasteiger partial charge in [-0.25, -0.2) is 20.8 Å². The molecule has 0 fully saturated rings. The number of anilines is 1. The molecule has 2 aromatic heterocycles. The average Bonchev–Trinajstić information content (AvgIpc) is 2.47. The summed E-state index contributed by atoms with van der Waals surface area (Å²) in [6.07, 6.45) is 0.806. The molecule has 2 aromatic rings. The van der Waals surface area contributed by atoms with Gasteiger partial charge in [0.05, 0.1) is 7.11 Å². The molecule has 0 aliphatic heterocycles. The average molecular weight is 259 g/mol. The van der Waals surface area contributed by atoms with Gasteiger partial charge in [0.2, 0.25) is 5.88 Å². The van der Waals surface area contributed by atoms with Crippen LogP contribution in [0.1, 0.15) is 18.2 Å². The van der Waals surface area contributed by atoms with E-state index in [0.29, 0.717) is 23.2 Å². The van der Waals surface area contributed by atoms with Crippen LogP contribution in [-0.2, 0) is 6.42 Å². The summed E-state index contributed by atoms with van der Waals surface area (Å²) in [5.74, 6) is 7.18. The van der Waals surface area contributed by atoms with Gasteiger partial charge in [-0.1, -0.05) is 13.0 Å². The van der Waals surface area contributed by atoms with Gasteiger partial charge in [-0.3, -0.25) is 0 Å². The number of pyridine rings is 1. The van der Waals surface area contributed by atoms with E-state index < -0.39 is 0 Å². The maximum atomic E-state index is 5.49. The van der Waals surface area contributed by atoms with Crippen molar-refractivity contribution in [2.24, 2.45) is 5.84 Å². The lowest BCUT2D eigenvalue weighted by molar-refractivity contribution is 0.398. The van der Waals surface area contributed by atoms with Crippen LogP contribution in [0.2, 0.25) is 0 Å². The number of methoxy groups -OCH3 is 1. The third-order valence-corrected chi connectivity index (χ3v) is 2.88. The third kappa shape index (κ3) is 2.63. The molecule has 0 spiro atoms. The van der Waals surface area contributed by atoms with Gasteiger partial charge in [-0.2, -0.15) is 0 Å². The minimum absolute atomic E-state index is 0.530. The highest BCUT2D eigenvalue weighted by molar-refractivity contribution is 5.56. The van der Waals surface area contributed by atoms with Gasteiger partial charge in [0, 0.05) is 17.3 Å². The predicted molar refractivity (Wildman–Crippen MR) is 73.7 cm³/mol. The van der Waals surface area contributed by atoms with Crippen molar-refractivity contribution in [2.45, 2.75) is 20.3 Å². The second-order valence-corrected chi connectivity index (χ2v) is 4.03. The van der Waals surface area contributed by atoms with Gasteiger partial charge < -0.3 is 10.2 Å². The van der Waals surface area contributed by atoms with Crippen LogP contribution in [0.3, 0.4) is 0 Å². The third-order valence-electron chi connectivity index (χ3n) is 2.88. The van der Waals surface area contributed by atoms with Crippen molar-refractivity contribution < 1.29 is 4.74 Å². The number of hydrazine groups is 1. The molecule has 0 aliphatic carbocycles. The van der Waals surface area contributed by atoms with Crippen LogP contribution in [0.15, 0.2) is 18.2 Å². The van der Waals surface area contributed by atoms with Crippen molar-refractivity contribution >= 4 is 5.82 Å². The first-order valence-electron chi connectivity index (χ1n) is 6.05. The fourth-order valence-corrected chi connectivity index (χ4v) is 1.82. The van der Waals surface area contributed by atoms with Crippen molar-refractivity contribution in [1.82, 2.24) is 15.0 Å². The number of hydrogen-bond acceptors (Lipinski definition) is 6. The summed E-state index contributed by atoms with van der Waals surface area (Å²) < 4.78 is 5.11. The van der Waals surface area contributed by atoms with Crippen molar-refractivity contribution in [2.75, 3.05) is 12.5 Å². The molecule has 0 aromatic carbocycles. The van der Waals surface area contributed by atoms with E-state index in [1.807, 2.05) is 26.0 Å². The molecule has 0 atom stereocenters. The summed E-state index contributed by atoms with van der Waals surface area (Å²) >= 11 is 0. The van der Waals surface area contributed by atoms with Gasteiger partial charge >= 0.3 is 0 Å². The van der Waals surface area contributed by atoms with Crippen LogP contribution in [0.5, 0.6) is 5.88 Å². The summed E-state index contributed by atoms with van der Waals surface area (Å²) in [4.78, 5) is 13.2. The first kappa shape index (κ1) is 13.2. The van der Waals surface area contributed by atoms with Crippen LogP contribution >= 0.6 is 0 Å². The van der Waals surface area contributed by atoms with E-state index in [9.17, 15) is 0 Å². The Labute approximate surface area is 112 Å². The highest BCUT2D eigenvalue weighted by atomic mass is 16.5. The van der Waals surface area contributed by atoms with E-state index in [1.165, 1.54) is 0 Å². The number of ether oxygens (including phenoxy) is 1. The van der Waals surface area contributed by atoms with Crippen molar-refractivity contribution in [3.05, 3.63) is 29.5 Å². The zero-order valence-electron chi connectivity index (χ0n) is 11.3. The molecule has 2 heterocycles. The Bertz CT molecular complexity index is 560. The van der Waals surface area contributed by atoms with Gasteiger partial charge in [-0.15, -0.1) is 0 Å². The molecule has 2 rings (SSSR count). The number of nitrogens with one attached hydrogen (secondary N) is 1. The summed E-state index contributed by atoms with van der Waals surface area (Å²) in [6, 6.07) is 5.47. The highest BCUT2D eigenvalue weighted by Crippen LogP contribution is 2.21. The van der Waals surface area contributed by atoms with Crippen LogP contribution in [0, 0.1) is 6.92 Å². The van der Waals surface area contributed by atoms with Gasteiger partial charge in [-0.05, 0) is 19.4 Å². The Hall–Kier alpha value is -2.21. The van der Waals surface area contributed by atoms with E-state index in [0.717, 1.165) is 17.7 Å². The Morgan fingerprint density at radius 3 is 2.68 bits per heavy atom. The molecule has 0 unspecified atom stereocenters. The Morgan fingerprint density at radius 2 is 2.05 bits per heavy atom. The normalized spacial score (nSPS) is 10.3. The second-order valence-electron chi connectivity index (χ2n) is 4.03. The highest BCUT2D eigenvalue weighted by Gasteiger charge is 2.11. The summed E-state index contributed by atoms with van der Waals surface area (Å²) in [7, 11) is 1.58. The summed E-state index contributed by atoms with van der Waals surface area (Å²) in [5.41, 5.74) is 5.16. The molecule has 6 heteroatoms. The topological polar surface area (TPSA) is 86.0 Å². The van der Waals surface area contributed by atoms with E-state index in [1.54, 1.807) is 13.2 Å². The summed E-state index contributed by atoms with van der Waals surface area (Å²) in [5, 5.41) is 0. The first-order valence-corrected chi connectivity index (χ1v) is 6.05. The number of nitrogen functional groups attached to an aromatic ring is 1. The lowest BCUT2D eigenvalue weighted by Crippen LogP contribution is -2.13. The molecule has 0 saturated heterocycles. The molecular formula is C13H17N5O. The lowest BCUT2D eigenvalue weighted by atomic mass is 10.2. The Morgan fingerprint density at radius 1 is 1.26 bits per heavy atom. The minimum atomic E-state index is 0.530. The van der Waals surface area contributed by atoms with Gasteiger partial charge in [0.25, 0.3) is 0 Å².